The molecule has 2 N–H and O–H groups in total. The summed E-state index contributed by atoms with van der Waals surface area (Å²) in [6.07, 6.45) is 1.55. The molecule has 4 aromatic rings. The van der Waals surface area contributed by atoms with Crippen molar-refractivity contribution >= 4 is 32.7 Å². The molecular weight excluding hydrogens is 570 g/mol. The van der Waals surface area contributed by atoms with Crippen molar-refractivity contribution in [2.75, 3.05) is 57.5 Å². The number of rotatable bonds is 8. The number of fused-ring (bicyclic) bond motifs is 1. The maximum atomic E-state index is 13.1. The van der Waals surface area contributed by atoms with Crippen molar-refractivity contribution in [2.24, 2.45) is 0 Å². The smallest absolute Gasteiger partial charge is 0.261 e. The maximum Gasteiger partial charge on any atom is 0.261 e. The number of nitrogens with zero attached hydrogens (tertiary/aromatic N) is 2. The summed E-state index contributed by atoms with van der Waals surface area (Å²) >= 11 is 0. The summed E-state index contributed by atoms with van der Waals surface area (Å²) in [7, 11) is -1.96. The molecule has 1 aromatic heterocycles. The van der Waals surface area contributed by atoms with Gasteiger partial charge in [0.15, 0.2) is 11.0 Å². The SMILES string of the molecule is COc1ccccc1N1CCN(CCCNC(=O)c2cccc3c(=O)c(C)c(-c4ccccc4)oc23)CC1.CS(=O)(=O)O. The second-order valence-electron chi connectivity index (χ2n) is 10.3. The molecule has 0 saturated carbocycles. The first kappa shape index (κ1) is 31.7. The minimum Gasteiger partial charge on any atom is -0.495 e. The number of para-hydroxylation sites is 3. The lowest BCUT2D eigenvalue weighted by molar-refractivity contribution is 0.0952. The second-order valence-corrected chi connectivity index (χ2v) is 11.7. The number of piperazine rings is 1. The first-order valence-corrected chi connectivity index (χ1v) is 15.8. The van der Waals surface area contributed by atoms with Crippen molar-refractivity contribution in [1.29, 1.82) is 0 Å². The molecule has 1 saturated heterocycles. The van der Waals surface area contributed by atoms with Crippen LogP contribution in [0.3, 0.4) is 0 Å². The Labute approximate surface area is 251 Å². The van der Waals surface area contributed by atoms with Crippen LogP contribution in [0.4, 0.5) is 5.69 Å². The summed E-state index contributed by atoms with van der Waals surface area (Å²) in [5.74, 6) is 1.16. The Kier molecular flexibility index (Phi) is 10.6. The van der Waals surface area contributed by atoms with E-state index >= 15 is 0 Å². The molecule has 1 aliphatic rings. The highest BCUT2D eigenvalue weighted by Crippen LogP contribution is 2.29. The van der Waals surface area contributed by atoms with Gasteiger partial charge in [0.25, 0.3) is 16.0 Å². The molecule has 0 aliphatic carbocycles. The van der Waals surface area contributed by atoms with E-state index in [1.807, 2.05) is 48.5 Å². The number of ether oxygens (including phenoxy) is 1. The van der Waals surface area contributed by atoms with E-state index in [4.69, 9.17) is 13.7 Å². The van der Waals surface area contributed by atoms with Crippen molar-refractivity contribution in [1.82, 2.24) is 10.2 Å². The van der Waals surface area contributed by atoms with E-state index in [1.54, 1.807) is 32.2 Å². The van der Waals surface area contributed by atoms with Crippen LogP contribution >= 0.6 is 0 Å². The van der Waals surface area contributed by atoms with E-state index in [2.05, 4.69) is 21.2 Å². The zero-order chi connectivity index (χ0) is 31.0. The molecular formula is C32H37N3O7S. The third-order valence-corrected chi connectivity index (χ3v) is 7.16. The van der Waals surface area contributed by atoms with E-state index in [1.165, 1.54) is 0 Å². The average molecular weight is 608 g/mol. The molecule has 0 radical (unpaired) electrons. The van der Waals surface area contributed by atoms with Crippen molar-refractivity contribution in [3.63, 3.8) is 0 Å². The molecule has 1 amide bonds. The molecule has 1 fully saturated rings. The van der Waals surface area contributed by atoms with E-state index in [0.717, 1.165) is 56.1 Å². The van der Waals surface area contributed by atoms with Crippen molar-refractivity contribution in [3.05, 3.63) is 94.1 Å². The second kappa shape index (κ2) is 14.3. The highest BCUT2D eigenvalue weighted by atomic mass is 32.2. The van der Waals surface area contributed by atoms with Crippen LogP contribution < -0.4 is 20.4 Å². The van der Waals surface area contributed by atoms with Gasteiger partial charge in [-0.15, -0.1) is 0 Å². The first-order valence-electron chi connectivity index (χ1n) is 14.0. The summed E-state index contributed by atoms with van der Waals surface area (Å²) < 4.78 is 37.6. The molecule has 0 spiro atoms. The quantitative estimate of drug-likeness (QED) is 0.223. The fourth-order valence-electron chi connectivity index (χ4n) is 5.06. The fourth-order valence-corrected chi connectivity index (χ4v) is 5.06. The first-order chi connectivity index (χ1) is 20.6. The van der Waals surface area contributed by atoms with Gasteiger partial charge in [0.2, 0.25) is 0 Å². The number of hydrogen-bond acceptors (Lipinski definition) is 8. The van der Waals surface area contributed by atoms with Gasteiger partial charge >= 0.3 is 0 Å². The molecule has 1 aliphatic heterocycles. The Morgan fingerprint density at radius 2 is 1.63 bits per heavy atom. The van der Waals surface area contributed by atoms with Gasteiger partial charge in [-0.3, -0.25) is 19.0 Å². The van der Waals surface area contributed by atoms with Gasteiger partial charge in [0.1, 0.15) is 11.5 Å². The Morgan fingerprint density at radius 1 is 0.977 bits per heavy atom. The molecule has 228 valence electrons. The third-order valence-electron chi connectivity index (χ3n) is 7.16. The average Bonchev–Trinajstić information content (AvgIpc) is 3.00. The lowest BCUT2D eigenvalue weighted by Crippen LogP contribution is -2.47. The van der Waals surface area contributed by atoms with Gasteiger partial charge in [0, 0.05) is 43.9 Å². The topological polar surface area (TPSA) is 129 Å². The van der Waals surface area contributed by atoms with Crippen molar-refractivity contribution in [3.8, 4) is 17.1 Å². The number of nitrogens with one attached hydrogen (secondary N) is 1. The molecule has 10 nitrogen and oxygen atoms in total. The third kappa shape index (κ3) is 8.44. The number of carbonyl (C=O) groups is 1. The number of anilines is 1. The number of benzene rings is 3. The van der Waals surface area contributed by atoms with Gasteiger partial charge in [-0.2, -0.15) is 8.42 Å². The van der Waals surface area contributed by atoms with Gasteiger partial charge in [-0.05, 0) is 44.2 Å². The predicted molar refractivity (Wildman–Crippen MR) is 169 cm³/mol. The molecule has 0 atom stereocenters. The predicted octanol–water partition coefficient (Wildman–Crippen LogP) is 4.22. The van der Waals surface area contributed by atoms with E-state index in [-0.39, 0.29) is 11.3 Å². The highest BCUT2D eigenvalue weighted by Gasteiger charge is 2.20. The Bertz CT molecular complexity index is 1710. The summed E-state index contributed by atoms with van der Waals surface area (Å²) in [5.41, 5.74) is 3.06. The zero-order valence-corrected chi connectivity index (χ0v) is 25.4. The van der Waals surface area contributed by atoms with Crippen molar-refractivity contribution in [2.45, 2.75) is 13.3 Å². The number of amides is 1. The number of hydrogen-bond donors (Lipinski definition) is 2. The molecule has 43 heavy (non-hydrogen) atoms. The maximum absolute atomic E-state index is 13.1. The van der Waals surface area contributed by atoms with Gasteiger partial charge < -0.3 is 19.4 Å². The highest BCUT2D eigenvalue weighted by molar-refractivity contribution is 7.85. The fraction of sp³-hybridized carbons (Fsp3) is 0.312. The monoisotopic (exact) mass is 607 g/mol. The van der Waals surface area contributed by atoms with Crippen molar-refractivity contribution < 1.29 is 26.9 Å². The van der Waals surface area contributed by atoms with E-state index in [9.17, 15) is 18.0 Å². The lowest BCUT2D eigenvalue weighted by Gasteiger charge is -2.36. The zero-order valence-electron chi connectivity index (χ0n) is 24.6. The summed E-state index contributed by atoms with van der Waals surface area (Å²) in [6, 6.07) is 22.8. The normalized spacial score (nSPS) is 13.7. The largest absolute Gasteiger partial charge is 0.495 e. The molecule has 3 aromatic carbocycles. The molecule has 0 unspecified atom stereocenters. The molecule has 5 rings (SSSR count). The standard InChI is InChI=1S/C31H33N3O4.CH4O3S/c1-22-28(35)24-12-8-13-25(30(24)38-29(22)23-10-4-3-5-11-23)31(36)32-16-9-17-33-18-20-34(21-19-33)26-14-6-7-15-27(26)37-2;1-5(2,3)4/h3-8,10-15H,9,16-21H2,1-2H3,(H,32,36);1H3,(H,2,3,4). The van der Waals surface area contributed by atoms with Crippen LogP contribution in [0.1, 0.15) is 22.3 Å². The van der Waals surface area contributed by atoms with Gasteiger partial charge in [-0.1, -0.05) is 48.5 Å². The van der Waals surface area contributed by atoms with Crippen LogP contribution in [0.15, 0.2) is 82.0 Å². The molecule has 11 heteroatoms. The van der Waals surface area contributed by atoms with Crippen LogP contribution in [0, 0.1) is 6.92 Å². The van der Waals surface area contributed by atoms with Gasteiger partial charge in [0.05, 0.1) is 30.0 Å². The Hall–Kier alpha value is -4.19. The van der Waals surface area contributed by atoms with Crippen LogP contribution in [-0.4, -0.2) is 76.4 Å². The molecule has 2 heterocycles. The minimum atomic E-state index is -3.67. The molecule has 0 bridgehead atoms. The van der Waals surface area contributed by atoms with Crippen LogP contribution in [0.5, 0.6) is 5.75 Å². The van der Waals surface area contributed by atoms with Crippen LogP contribution in [0.2, 0.25) is 0 Å². The summed E-state index contributed by atoms with van der Waals surface area (Å²) in [5, 5.41) is 3.44. The summed E-state index contributed by atoms with van der Waals surface area (Å²) in [6.45, 7) is 7.00. The Balaban J connectivity index is 0.000000782. The number of carbonyl (C=O) groups excluding carboxylic acids is 1. The van der Waals surface area contributed by atoms with Crippen LogP contribution in [-0.2, 0) is 10.1 Å². The van der Waals surface area contributed by atoms with E-state index in [0.29, 0.717) is 40.7 Å². The van der Waals surface area contributed by atoms with Gasteiger partial charge in [-0.25, -0.2) is 0 Å². The van der Waals surface area contributed by atoms with E-state index < -0.39 is 10.1 Å². The van der Waals surface area contributed by atoms with Crippen LogP contribution in [0.25, 0.3) is 22.3 Å². The minimum absolute atomic E-state index is 0.119. The number of methoxy groups -OCH3 is 1. The lowest BCUT2D eigenvalue weighted by atomic mass is 10.0. The Morgan fingerprint density at radius 3 is 2.30 bits per heavy atom. The summed E-state index contributed by atoms with van der Waals surface area (Å²) in [4.78, 5) is 31.0.